The SMILES string of the molecule is COc1ccc(F)cc1C(=Cn1c(=O)n(N(C)C(=O)OC(C)(C)C)c(=O)c2c(C)c(-n3nccn3)sc21)OCCCO. The van der Waals surface area contributed by atoms with E-state index in [1.165, 1.54) is 55.7 Å². The largest absolute Gasteiger partial charge is 0.496 e. The van der Waals surface area contributed by atoms with Crippen LogP contribution in [-0.4, -0.2) is 68.4 Å². The van der Waals surface area contributed by atoms with Crippen molar-refractivity contribution in [3.63, 3.8) is 0 Å². The van der Waals surface area contributed by atoms with Crippen LogP contribution in [0.2, 0.25) is 0 Å². The number of carbonyl (C=O) groups is 1. The zero-order chi connectivity index (χ0) is 30.8. The molecule has 0 aliphatic rings. The van der Waals surface area contributed by atoms with Gasteiger partial charge in [-0.05, 0) is 45.9 Å². The first-order chi connectivity index (χ1) is 19.9. The van der Waals surface area contributed by atoms with Crippen molar-refractivity contribution in [2.45, 2.75) is 39.7 Å². The maximum Gasteiger partial charge on any atom is 0.429 e. The second-order valence-electron chi connectivity index (χ2n) is 10.1. The molecule has 42 heavy (non-hydrogen) atoms. The van der Waals surface area contributed by atoms with Crippen molar-refractivity contribution >= 4 is 39.6 Å². The average molecular weight is 603 g/mol. The number of aliphatic hydroxyl groups excluding tert-OH is 1. The molecule has 3 aromatic heterocycles. The third-order valence-corrected chi connectivity index (χ3v) is 7.16. The molecule has 0 unspecified atom stereocenters. The number of aromatic nitrogens is 5. The third kappa shape index (κ3) is 6.06. The van der Waals surface area contributed by atoms with E-state index < -0.39 is 28.8 Å². The van der Waals surface area contributed by atoms with Gasteiger partial charge in [0.2, 0.25) is 0 Å². The Balaban J connectivity index is 2.08. The summed E-state index contributed by atoms with van der Waals surface area (Å²) in [6, 6.07) is 3.79. The first kappa shape index (κ1) is 30.5. The molecule has 224 valence electrons. The second kappa shape index (κ2) is 12.2. The Hall–Kier alpha value is -4.50. The summed E-state index contributed by atoms with van der Waals surface area (Å²) < 4.78 is 32.9. The molecule has 4 aromatic rings. The lowest BCUT2D eigenvalue weighted by Crippen LogP contribution is -2.53. The number of halogens is 1. The summed E-state index contributed by atoms with van der Waals surface area (Å²) in [6.07, 6.45) is 3.52. The number of hydrogen-bond acceptors (Lipinski definition) is 10. The number of aryl methyl sites for hydroxylation is 1. The summed E-state index contributed by atoms with van der Waals surface area (Å²) in [7, 11) is 2.64. The molecule has 1 N–H and O–H groups in total. The van der Waals surface area contributed by atoms with Crippen molar-refractivity contribution in [2.75, 3.05) is 32.4 Å². The molecule has 13 nitrogen and oxygen atoms in total. The van der Waals surface area contributed by atoms with Crippen LogP contribution >= 0.6 is 11.3 Å². The summed E-state index contributed by atoms with van der Waals surface area (Å²) in [4.78, 5) is 42.4. The van der Waals surface area contributed by atoms with Gasteiger partial charge in [-0.2, -0.15) is 14.9 Å². The minimum absolute atomic E-state index is 0.0122. The van der Waals surface area contributed by atoms with Gasteiger partial charge in [-0.15, -0.1) is 4.80 Å². The molecular weight excluding hydrogens is 571 g/mol. The molecule has 0 aliphatic carbocycles. The van der Waals surface area contributed by atoms with Crippen LogP contribution in [-0.2, 0) is 9.47 Å². The van der Waals surface area contributed by atoms with Crippen LogP contribution in [0.5, 0.6) is 5.75 Å². The van der Waals surface area contributed by atoms with Crippen LogP contribution in [0.1, 0.15) is 38.3 Å². The summed E-state index contributed by atoms with van der Waals surface area (Å²) in [6.45, 7) is 6.47. The second-order valence-corrected chi connectivity index (χ2v) is 11.0. The predicted octanol–water partition coefficient (Wildman–Crippen LogP) is 3.12. The number of benzene rings is 1. The lowest BCUT2D eigenvalue weighted by molar-refractivity contribution is 0.0546. The van der Waals surface area contributed by atoms with Gasteiger partial charge in [-0.25, -0.2) is 19.0 Å². The Labute approximate surface area is 243 Å². The number of aliphatic hydroxyl groups is 1. The van der Waals surface area contributed by atoms with Crippen LogP contribution in [0.4, 0.5) is 9.18 Å². The van der Waals surface area contributed by atoms with Gasteiger partial charge in [0, 0.05) is 25.6 Å². The number of amides is 1. The van der Waals surface area contributed by atoms with Gasteiger partial charge in [-0.3, -0.25) is 9.36 Å². The summed E-state index contributed by atoms with van der Waals surface area (Å²) in [5, 5.41) is 19.0. The Morgan fingerprint density at radius 2 is 1.90 bits per heavy atom. The Bertz CT molecular complexity index is 1750. The number of rotatable bonds is 9. The first-order valence-corrected chi connectivity index (χ1v) is 13.6. The number of methoxy groups -OCH3 is 1. The molecule has 0 radical (unpaired) electrons. The van der Waals surface area contributed by atoms with Gasteiger partial charge in [0.05, 0.1) is 43.3 Å². The Morgan fingerprint density at radius 3 is 2.52 bits per heavy atom. The minimum atomic E-state index is -0.940. The van der Waals surface area contributed by atoms with E-state index >= 15 is 0 Å². The standard InChI is InChI=1S/C27H31FN6O7S/c1-16-21-22(36)33(31(5)26(38)41-27(2,3)4)25(37)32(24(21)42-23(16)34-29-10-11-30-34)15-20(40-13-7-12-35)18-14-17(28)8-9-19(18)39-6/h8-11,14-15,35H,7,12-13H2,1-6H3. The predicted molar refractivity (Wildman–Crippen MR) is 155 cm³/mol. The van der Waals surface area contributed by atoms with Crippen molar-refractivity contribution in [1.29, 1.82) is 0 Å². The zero-order valence-electron chi connectivity index (χ0n) is 24.0. The molecule has 1 amide bonds. The van der Waals surface area contributed by atoms with Gasteiger partial charge >= 0.3 is 11.8 Å². The molecule has 15 heteroatoms. The molecule has 0 saturated heterocycles. The highest BCUT2D eigenvalue weighted by Crippen LogP contribution is 2.33. The Kier molecular flexibility index (Phi) is 8.82. The van der Waals surface area contributed by atoms with E-state index in [4.69, 9.17) is 14.2 Å². The number of thiophene rings is 1. The van der Waals surface area contributed by atoms with Crippen LogP contribution in [0.25, 0.3) is 27.2 Å². The number of ether oxygens (including phenoxy) is 3. The molecule has 1 aromatic carbocycles. The van der Waals surface area contributed by atoms with E-state index in [0.29, 0.717) is 15.2 Å². The van der Waals surface area contributed by atoms with Crippen molar-refractivity contribution in [3.8, 4) is 10.8 Å². The zero-order valence-corrected chi connectivity index (χ0v) is 24.8. The van der Waals surface area contributed by atoms with Crippen molar-refractivity contribution in [1.82, 2.24) is 24.2 Å². The van der Waals surface area contributed by atoms with Crippen LogP contribution in [0, 0.1) is 12.7 Å². The number of fused-ring (bicyclic) bond motifs is 1. The average Bonchev–Trinajstić information content (AvgIpc) is 3.57. The van der Waals surface area contributed by atoms with E-state index in [-0.39, 0.29) is 46.9 Å². The lowest BCUT2D eigenvalue weighted by Gasteiger charge is -2.25. The molecule has 0 spiro atoms. The molecule has 3 heterocycles. The first-order valence-electron chi connectivity index (χ1n) is 12.8. The van der Waals surface area contributed by atoms with Gasteiger partial charge in [0.1, 0.15) is 32.8 Å². The highest BCUT2D eigenvalue weighted by molar-refractivity contribution is 7.21. The fourth-order valence-electron chi connectivity index (χ4n) is 4.01. The quantitative estimate of drug-likeness (QED) is 0.226. The highest BCUT2D eigenvalue weighted by Gasteiger charge is 2.28. The number of nitrogens with zero attached hydrogens (tertiary/aromatic N) is 6. The molecule has 0 saturated carbocycles. The molecule has 0 fully saturated rings. The Morgan fingerprint density at radius 1 is 1.21 bits per heavy atom. The number of carbonyl (C=O) groups excluding carboxylic acids is 1. The topological polar surface area (TPSA) is 143 Å². The summed E-state index contributed by atoms with van der Waals surface area (Å²) in [5.41, 5.74) is -1.98. The van der Waals surface area contributed by atoms with Crippen molar-refractivity contribution in [2.24, 2.45) is 0 Å². The molecule has 0 aliphatic heterocycles. The van der Waals surface area contributed by atoms with Gasteiger partial charge in [0.25, 0.3) is 5.56 Å². The summed E-state index contributed by atoms with van der Waals surface area (Å²) in [5.74, 6) is -0.328. The smallest absolute Gasteiger partial charge is 0.429 e. The normalized spacial score (nSPS) is 12.0. The third-order valence-electron chi connectivity index (χ3n) is 5.91. The van der Waals surface area contributed by atoms with Crippen LogP contribution < -0.4 is 21.0 Å². The molecular formula is C27H31FN6O7S. The van der Waals surface area contributed by atoms with Crippen LogP contribution in [0.3, 0.4) is 0 Å². The number of hydrogen-bond donors (Lipinski definition) is 1. The van der Waals surface area contributed by atoms with E-state index in [1.807, 2.05) is 0 Å². The molecule has 0 atom stereocenters. The van der Waals surface area contributed by atoms with Gasteiger partial charge < -0.3 is 19.3 Å². The van der Waals surface area contributed by atoms with E-state index in [2.05, 4.69) is 10.2 Å². The van der Waals surface area contributed by atoms with E-state index in [9.17, 15) is 23.9 Å². The fourth-order valence-corrected chi connectivity index (χ4v) is 5.20. The summed E-state index contributed by atoms with van der Waals surface area (Å²) >= 11 is 1.06. The van der Waals surface area contributed by atoms with Gasteiger partial charge in [-0.1, -0.05) is 11.3 Å². The van der Waals surface area contributed by atoms with Crippen molar-refractivity contribution < 1.29 is 28.5 Å². The van der Waals surface area contributed by atoms with Crippen LogP contribution in [0.15, 0.2) is 40.2 Å². The van der Waals surface area contributed by atoms with E-state index in [1.54, 1.807) is 27.7 Å². The molecule has 0 bridgehead atoms. The minimum Gasteiger partial charge on any atom is -0.496 e. The maximum absolute atomic E-state index is 14.4. The monoisotopic (exact) mass is 602 g/mol. The van der Waals surface area contributed by atoms with Crippen molar-refractivity contribution in [3.05, 3.63) is 68.4 Å². The fraction of sp³-hybridized carbons (Fsp3) is 0.370. The molecule has 4 rings (SSSR count). The lowest BCUT2D eigenvalue weighted by atomic mass is 10.1. The van der Waals surface area contributed by atoms with E-state index in [0.717, 1.165) is 20.9 Å². The highest BCUT2D eigenvalue weighted by atomic mass is 32.1. The van der Waals surface area contributed by atoms with Gasteiger partial charge in [0.15, 0.2) is 0 Å². The maximum atomic E-state index is 14.4.